The van der Waals surface area contributed by atoms with Gasteiger partial charge in [0.2, 0.25) is 0 Å². The topological polar surface area (TPSA) is 40.5 Å². The van der Waals surface area contributed by atoms with Crippen LogP contribution in [0.15, 0.2) is 48.5 Å². The van der Waals surface area contributed by atoms with E-state index in [2.05, 4.69) is 0 Å². The van der Waals surface area contributed by atoms with Gasteiger partial charge < -0.3 is 10.2 Å². The molecule has 2 rings (SSSR count). The second-order valence-corrected chi connectivity index (χ2v) is 3.03. The van der Waals surface area contributed by atoms with Gasteiger partial charge in [0.25, 0.3) is 0 Å². The van der Waals surface area contributed by atoms with Crippen LogP contribution in [0.25, 0.3) is 11.1 Å². The summed E-state index contributed by atoms with van der Waals surface area (Å²) >= 11 is 0. The van der Waals surface area contributed by atoms with Gasteiger partial charge in [-0.25, -0.2) is 0 Å². The molecule has 3 heteroatoms. The van der Waals surface area contributed by atoms with E-state index in [1.54, 1.807) is 36.4 Å². The predicted molar refractivity (Wildman–Crippen MR) is 62.4 cm³/mol. The fraction of sp³-hybridized carbons (Fsp3) is 0. The first-order chi connectivity index (χ1) is 6.79. The normalized spacial score (nSPS) is 9.33. The van der Waals surface area contributed by atoms with Gasteiger partial charge in [-0.15, -0.1) is 0 Å². The van der Waals surface area contributed by atoms with E-state index in [1.807, 2.05) is 12.1 Å². The quantitative estimate of drug-likeness (QED) is 0.682. The zero-order chi connectivity index (χ0) is 9.97. The number of phenolic OH excluding ortho intramolecular Hbond substituents is 2. The second-order valence-electron chi connectivity index (χ2n) is 3.03. The molecule has 0 aliphatic carbocycles. The van der Waals surface area contributed by atoms with Gasteiger partial charge in [-0.05, 0) is 12.1 Å². The molecule has 0 amide bonds. The molecule has 2 aromatic rings. The minimum atomic E-state index is 0. The molecule has 2 N–H and O–H groups in total. The summed E-state index contributed by atoms with van der Waals surface area (Å²) in [5, 5.41) is 19.2. The molecular weight excluding hydrogens is 183 g/mol. The van der Waals surface area contributed by atoms with Gasteiger partial charge in [0.15, 0.2) is 0 Å². The Morgan fingerprint density at radius 2 is 0.933 bits per heavy atom. The monoisotopic (exact) mass is 194 g/mol. The van der Waals surface area contributed by atoms with Crippen molar-refractivity contribution in [2.24, 2.45) is 0 Å². The van der Waals surface area contributed by atoms with Crippen LogP contribution in [0.2, 0.25) is 0 Å². The maximum absolute atomic E-state index is 9.58. The van der Waals surface area contributed by atoms with Gasteiger partial charge in [0.05, 0.1) is 0 Å². The summed E-state index contributed by atoms with van der Waals surface area (Å²) in [7, 11) is 0. The third kappa shape index (κ3) is 2.36. The van der Waals surface area contributed by atoms with E-state index in [4.69, 9.17) is 0 Å². The Morgan fingerprint density at radius 1 is 0.600 bits per heavy atom. The van der Waals surface area contributed by atoms with Gasteiger partial charge in [-0.1, -0.05) is 36.4 Å². The van der Waals surface area contributed by atoms with Gasteiger partial charge >= 0.3 is 18.9 Å². The van der Waals surface area contributed by atoms with Crippen LogP contribution in [-0.4, -0.2) is 29.1 Å². The summed E-state index contributed by atoms with van der Waals surface area (Å²) in [5.74, 6) is 0.350. The van der Waals surface area contributed by atoms with Crippen LogP contribution in [0.3, 0.4) is 0 Å². The molecule has 2 aromatic carbocycles. The number of aromatic hydroxyl groups is 2. The first kappa shape index (κ1) is 11.7. The summed E-state index contributed by atoms with van der Waals surface area (Å²) in [4.78, 5) is 0. The molecule has 0 unspecified atom stereocenters. The maximum atomic E-state index is 9.58. The molecule has 0 spiro atoms. The molecule has 72 valence electrons. The van der Waals surface area contributed by atoms with Crippen molar-refractivity contribution in [3.05, 3.63) is 48.5 Å². The molecule has 0 heterocycles. The van der Waals surface area contributed by atoms with Crippen LogP contribution in [0, 0.1) is 0 Å². The van der Waals surface area contributed by atoms with E-state index >= 15 is 0 Å². The van der Waals surface area contributed by atoms with Crippen molar-refractivity contribution in [1.82, 2.24) is 0 Å². The van der Waals surface area contributed by atoms with Crippen LogP contribution >= 0.6 is 0 Å². The van der Waals surface area contributed by atoms with Crippen molar-refractivity contribution >= 4 is 18.9 Å². The molecule has 0 aliphatic heterocycles. The second kappa shape index (κ2) is 4.93. The number of para-hydroxylation sites is 2. The first-order valence-electron chi connectivity index (χ1n) is 4.35. The van der Waals surface area contributed by atoms with E-state index in [9.17, 15) is 10.2 Å². The van der Waals surface area contributed by atoms with Gasteiger partial charge in [0, 0.05) is 11.1 Å². The zero-order valence-corrected chi connectivity index (χ0v) is 7.51. The summed E-state index contributed by atoms with van der Waals surface area (Å²) in [5.41, 5.74) is 1.29. The van der Waals surface area contributed by atoms with Crippen molar-refractivity contribution in [2.45, 2.75) is 0 Å². The molecular formula is C12H11LiO2. The molecule has 0 saturated heterocycles. The molecule has 0 aromatic heterocycles. The zero-order valence-electron chi connectivity index (χ0n) is 7.51. The molecule has 0 atom stereocenters. The van der Waals surface area contributed by atoms with Gasteiger partial charge in [0.1, 0.15) is 11.5 Å². The molecule has 0 fully saturated rings. The van der Waals surface area contributed by atoms with Crippen LogP contribution < -0.4 is 0 Å². The molecule has 2 nitrogen and oxygen atoms in total. The Balaban J connectivity index is 0.00000112. The number of benzene rings is 2. The van der Waals surface area contributed by atoms with Crippen molar-refractivity contribution in [1.29, 1.82) is 0 Å². The van der Waals surface area contributed by atoms with Crippen LogP contribution in [0.4, 0.5) is 0 Å². The Hall–Kier alpha value is -1.36. The molecule has 0 saturated carbocycles. The van der Waals surface area contributed by atoms with Crippen LogP contribution in [0.5, 0.6) is 11.5 Å². The minimum absolute atomic E-state index is 0. The third-order valence-corrected chi connectivity index (χ3v) is 2.10. The number of phenols is 2. The van der Waals surface area contributed by atoms with Gasteiger partial charge in [-0.2, -0.15) is 0 Å². The first-order valence-corrected chi connectivity index (χ1v) is 4.35. The predicted octanol–water partition coefficient (Wildman–Crippen LogP) is 2.12. The van der Waals surface area contributed by atoms with E-state index in [-0.39, 0.29) is 30.4 Å². The summed E-state index contributed by atoms with van der Waals surface area (Å²) in [6.45, 7) is 0. The van der Waals surface area contributed by atoms with Crippen LogP contribution in [-0.2, 0) is 0 Å². The number of rotatable bonds is 1. The fourth-order valence-electron chi connectivity index (χ4n) is 1.40. The van der Waals surface area contributed by atoms with Gasteiger partial charge in [-0.3, -0.25) is 0 Å². The van der Waals surface area contributed by atoms with Crippen molar-refractivity contribution in [3.63, 3.8) is 0 Å². The Labute approximate surface area is 100 Å². The molecule has 15 heavy (non-hydrogen) atoms. The number of hydrogen-bond acceptors (Lipinski definition) is 2. The Bertz CT molecular complexity index is 411. The van der Waals surface area contributed by atoms with E-state index in [1.165, 1.54) is 0 Å². The van der Waals surface area contributed by atoms with Crippen LogP contribution in [0.1, 0.15) is 0 Å². The SMILES string of the molecule is Oc1ccccc1-c1ccccc1O.[LiH]. The number of hydrogen-bond donors (Lipinski definition) is 2. The third-order valence-electron chi connectivity index (χ3n) is 2.10. The summed E-state index contributed by atoms with van der Waals surface area (Å²) in [6, 6.07) is 13.9. The Morgan fingerprint density at radius 3 is 1.27 bits per heavy atom. The Kier molecular flexibility index (Phi) is 3.85. The molecule has 0 radical (unpaired) electrons. The van der Waals surface area contributed by atoms with E-state index < -0.39 is 0 Å². The fourth-order valence-corrected chi connectivity index (χ4v) is 1.40. The summed E-state index contributed by atoms with van der Waals surface area (Å²) in [6.07, 6.45) is 0. The van der Waals surface area contributed by atoms with Crippen molar-refractivity contribution < 1.29 is 10.2 Å². The average Bonchev–Trinajstić information content (AvgIpc) is 2.20. The van der Waals surface area contributed by atoms with E-state index in [0.717, 1.165) is 0 Å². The van der Waals surface area contributed by atoms with Crippen molar-refractivity contribution in [3.8, 4) is 22.6 Å². The molecule has 0 bridgehead atoms. The standard InChI is InChI=1S/C12H10O2.Li.H/c13-11-7-3-1-5-9(11)10-6-2-4-8-12(10)14;;/h1-8,13-14H;;. The van der Waals surface area contributed by atoms with Crippen molar-refractivity contribution in [2.75, 3.05) is 0 Å². The summed E-state index contributed by atoms with van der Waals surface area (Å²) < 4.78 is 0. The molecule has 0 aliphatic rings. The average molecular weight is 194 g/mol. The van der Waals surface area contributed by atoms with E-state index in [0.29, 0.717) is 11.1 Å².